The number of carboxylic acid groups (broad SMARTS) is 1. The van der Waals surface area contributed by atoms with Crippen molar-refractivity contribution in [3.63, 3.8) is 0 Å². The summed E-state index contributed by atoms with van der Waals surface area (Å²) in [5.74, 6) is -0.839. The van der Waals surface area contributed by atoms with Crippen LogP contribution in [-0.4, -0.2) is 16.9 Å². The maximum Gasteiger partial charge on any atom is 0.307 e. The van der Waals surface area contributed by atoms with Gasteiger partial charge in [0.15, 0.2) is 0 Å². The Morgan fingerprint density at radius 3 is 2.18 bits per heavy atom. The van der Waals surface area contributed by atoms with E-state index in [1.54, 1.807) is 0 Å². The van der Waals surface area contributed by atoms with Gasteiger partial charge in [0.25, 0.3) is 0 Å². The molecule has 0 aromatic rings. The van der Waals surface area contributed by atoms with E-state index in [1.807, 2.05) is 0 Å². The van der Waals surface area contributed by atoms with Crippen molar-refractivity contribution in [1.82, 2.24) is 0 Å². The fourth-order valence-corrected chi connectivity index (χ4v) is 1.45. The van der Waals surface area contributed by atoms with Crippen LogP contribution < -0.4 is 0 Å². The second-order valence-electron chi connectivity index (χ2n) is 3.46. The second kappa shape index (κ2) is 2.06. The summed E-state index contributed by atoms with van der Waals surface area (Å²) in [6.45, 7) is 0. The van der Waals surface area contributed by atoms with Crippen LogP contribution in [0.5, 0.6) is 0 Å². The summed E-state index contributed by atoms with van der Waals surface area (Å²) in [6.07, 6.45) is 2.56. The van der Waals surface area contributed by atoms with Crippen LogP contribution >= 0.6 is 0 Å². The molecule has 3 nitrogen and oxygen atoms in total. The lowest BCUT2D eigenvalue weighted by Crippen LogP contribution is -2.08. The molecule has 11 heavy (non-hydrogen) atoms. The van der Waals surface area contributed by atoms with Crippen molar-refractivity contribution in [3.8, 4) is 0 Å². The molecule has 1 unspecified atom stereocenters. The van der Waals surface area contributed by atoms with Crippen molar-refractivity contribution >= 4 is 11.8 Å². The average molecular weight is 154 g/mol. The zero-order valence-electron chi connectivity index (χ0n) is 6.12. The van der Waals surface area contributed by atoms with Crippen molar-refractivity contribution in [2.75, 3.05) is 0 Å². The lowest BCUT2D eigenvalue weighted by molar-refractivity contribution is -0.140. The normalized spacial score (nSPS) is 34.9. The van der Waals surface area contributed by atoms with Crippen molar-refractivity contribution in [3.05, 3.63) is 0 Å². The highest BCUT2D eigenvalue weighted by Gasteiger charge is 2.51. The molecule has 0 amide bonds. The summed E-state index contributed by atoms with van der Waals surface area (Å²) in [7, 11) is 0. The van der Waals surface area contributed by atoms with Gasteiger partial charge < -0.3 is 5.11 Å². The molecule has 2 fully saturated rings. The highest BCUT2D eigenvalue weighted by Crippen LogP contribution is 2.45. The molecule has 60 valence electrons. The van der Waals surface area contributed by atoms with Gasteiger partial charge >= 0.3 is 5.97 Å². The summed E-state index contributed by atoms with van der Waals surface area (Å²) in [5.41, 5.74) is 0. The number of Topliss-reactive ketones (excluding diaryl/α,β-unsaturated/α-hetero) is 1. The first kappa shape index (κ1) is 6.83. The SMILES string of the molecule is O=C(C1CC1)C1C[C@H]1C(=O)O. The smallest absolute Gasteiger partial charge is 0.307 e. The van der Waals surface area contributed by atoms with E-state index in [2.05, 4.69) is 0 Å². The van der Waals surface area contributed by atoms with E-state index in [-0.39, 0.29) is 23.5 Å². The van der Waals surface area contributed by atoms with E-state index in [4.69, 9.17) is 5.11 Å². The van der Waals surface area contributed by atoms with E-state index in [9.17, 15) is 9.59 Å². The van der Waals surface area contributed by atoms with Gasteiger partial charge in [-0.2, -0.15) is 0 Å². The van der Waals surface area contributed by atoms with Crippen LogP contribution in [0.2, 0.25) is 0 Å². The molecule has 0 radical (unpaired) electrons. The highest BCUT2D eigenvalue weighted by molar-refractivity contribution is 5.93. The zero-order valence-corrected chi connectivity index (χ0v) is 6.12. The van der Waals surface area contributed by atoms with Crippen LogP contribution in [0.1, 0.15) is 19.3 Å². The molecular weight excluding hydrogens is 144 g/mol. The number of hydrogen-bond donors (Lipinski definition) is 1. The van der Waals surface area contributed by atoms with Gasteiger partial charge in [0.2, 0.25) is 0 Å². The minimum atomic E-state index is -0.802. The molecule has 1 N–H and O–H groups in total. The number of carbonyl (C=O) groups is 2. The van der Waals surface area contributed by atoms with Gasteiger partial charge in [0, 0.05) is 11.8 Å². The van der Waals surface area contributed by atoms with E-state index in [0.29, 0.717) is 6.42 Å². The van der Waals surface area contributed by atoms with Crippen molar-refractivity contribution in [1.29, 1.82) is 0 Å². The number of ketones is 1. The van der Waals surface area contributed by atoms with E-state index < -0.39 is 5.97 Å². The first-order valence-electron chi connectivity index (χ1n) is 3.96. The molecule has 2 aliphatic rings. The van der Waals surface area contributed by atoms with E-state index >= 15 is 0 Å². The molecule has 2 rings (SSSR count). The maximum absolute atomic E-state index is 11.2. The van der Waals surface area contributed by atoms with Gasteiger partial charge in [-0.3, -0.25) is 9.59 Å². The maximum atomic E-state index is 11.2. The molecule has 0 aliphatic heterocycles. The molecule has 0 spiro atoms. The monoisotopic (exact) mass is 154 g/mol. The Hall–Kier alpha value is -0.860. The number of hydrogen-bond acceptors (Lipinski definition) is 2. The lowest BCUT2D eigenvalue weighted by atomic mass is 10.1. The Morgan fingerprint density at radius 2 is 1.82 bits per heavy atom. The molecule has 0 aromatic carbocycles. The second-order valence-corrected chi connectivity index (χ2v) is 3.46. The topological polar surface area (TPSA) is 54.4 Å². The molecule has 0 saturated heterocycles. The molecule has 2 atom stereocenters. The quantitative estimate of drug-likeness (QED) is 0.650. The molecule has 0 aromatic heterocycles. The molecule has 0 heterocycles. The lowest BCUT2D eigenvalue weighted by Gasteiger charge is -1.91. The van der Waals surface area contributed by atoms with Crippen LogP contribution in [0.25, 0.3) is 0 Å². The Balaban J connectivity index is 1.90. The van der Waals surface area contributed by atoms with Crippen molar-refractivity contribution in [2.45, 2.75) is 19.3 Å². The molecule has 0 bridgehead atoms. The summed E-state index contributed by atoms with van der Waals surface area (Å²) >= 11 is 0. The predicted molar refractivity (Wildman–Crippen MR) is 37.0 cm³/mol. The summed E-state index contributed by atoms with van der Waals surface area (Å²) in [4.78, 5) is 21.6. The molecule has 2 saturated carbocycles. The largest absolute Gasteiger partial charge is 0.481 e. The van der Waals surface area contributed by atoms with Crippen LogP contribution in [0.3, 0.4) is 0 Å². The van der Waals surface area contributed by atoms with Gasteiger partial charge in [-0.05, 0) is 19.3 Å². The molecule has 3 heteroatoms. The van der Waals surface area contributed by atoms with Crippen LogP contribution in [0.4, 0.5) is 0 Å². The van der Waals surface area contributed by atoms with Gasteiger partial charge in [0.1, 0.15) is 5.78 Å². The first-order valence-corrected chi connectivity index (χ1v) is 3.96. The van der Waals surface area contributed by atoms with Gasteiger partial charge in [0.05, 0.1) is 5.92 Å². The predicted octanol–water partition coefficient (Wildman–Crippen LogP) is 0.686. The van der Waals surface area contributed by atoms with Crippen LogP contribution in [0.15, 0.2) is 0 Å². The fraction of sp³-hybridized carbons (Fsp3) is 0.750. The van der Waals surface area contributed by atoms with Gasteiger partial charge in [-0.15, -0.1) is 0 Å². The van der Waals surface area contributed by atoms with Crippen LogP contribution in [-0.2, 0) is 9.59 Å². The third-order valence-corrected chi connectivity index (χ3v) is 2.45. The summed E-state index contributed by atoms with van der Waals surface area (Å²) in [5, 5.41) is 8.52. The Labute approximate surface area is 64.4 Å². The first-order chi connectivity index (χ1) is 5.20. The zero-order chi connectivity index (χ0) is 8.01. The van der Waals surface area contributed by atoms with Gasteiger partial charge in [-0.25, -0.2) is 0 Å². The number of rotatable bonds is 3. The third kappa shape index (κ3) is 1.15. The standard InChI is InChI=1S/C8H10O3/c9-7(4-1-2-4)5-3-6(5)8(10)11/h4-6H,1-3H2,(H,10,11)/t5?,6-/m1/s1. The van der Waals surface area contributed by atoms with Gasteiger partial charge in [-0.1, -0.05) is 0 Å². The summed E-state index contributed by atoms with van der Waals surface area (Å²) in [6, 6.07) is 0. The van der Waals surface area contributed by atoms with E-state index in [0.717, 1.165) is 12.8 Å². The van der Waals surface area contributed by atoms with Crippen molar-refractivity contribution < 1.29 is 14.7 Å². The summed E-state index contributed by atoms with van der Waals surface area (Å²) < 4.78 is 0. The third-order valence-electron chi connectivity index (χ3n) is 2.45. The van der Waals surface area contributed by atoms with Crippen molar-refractivity contribution in [2.24, 2.45) is 17.8 Å². The number of aliphatic carboxylic acids is 1. The minimum Gasteiger partial charge on any atom is -0.481 e. The Kier molecular flexibility index (Phi) is 1.28. The molecular formula is C8H10O3. The average Bonchev–Trinajstić information content (AvgIpc) is 2.83. The minimum absolute atomic E-state index is 0.125. The highest BCUT2D eigenvalue weighted by atomic mass is 16.4. The van der Waals surface area contributed by atoms with E-state index in [1.165, 1.54) is 0 Å². The number of carboxylic acids is 1. The Morgan fingerprint density at radius 1 is 1.18 bits per heavy atom. The Bertz CT molecular complexity index is 217. The number of carbonyl (C=O) groups excluding carboxylic acids is 1. The fourth-order valence-electron chi connectivity index (χ4n) is 1.45. The molecule has 2 aliphatic carbocycles. The van der Waals surface area contributed by atoms with Crippen LogP contribution in [0, 0.1) is 17.8 Å².